The molecule has 1 saturated heterocycles. The first-order valence-corrected chi connectivity index (χ1v) is 9.69. The van der Waals surface area contributed by atoms with Crippen molar-refractivity contribution < 1.29 is 19.1 Å². The van der Waals surface area contributed by atoms with Gasteiger partial charge in [-0.05, 0) is 42.9 Å². The molecule has 2 aliphatic rings. The van der Waals surface area contributed by atoms with Gasteiger partial charge in [-0.1, -0.05) is 17.7 Å². The van der Waals surface area contributed by atoms with Crippen LogP contribution in [0.1, 0.15) is 30.3 Å². The van der Waals surface area contributed by atoms with E-state index in [1.165, 1.54) is 11.6 Å². The molecular formula is C20H22ClN3O4. The van der Waals surface area contributed by atoms with Crippen molar-refractivity contribution in [2.45, 2.75) is 25.9 Å². The molecule has 1 aromatic heterocycles. The van der Waals surface area contributed by atoms with E-state index in [9.17, 15) is 9.59 Å². The number of benzene rings is 1. The van der Waals surface area contributed by atoms with Gasteiger partial charge in [-0.3, -0.25) is 4.79 Å². The minimum Gasteiger partial charge on any atom is -0.495 e. The Morgan fingerprint density at radius 3 is 2.43 bits per heavy atom. The van der Waals surface area contributed by atoms with E-state index in [0.717, 1.165) is 12.8 Å². The molecule has 1 saturated carbocycles. The zero-order chi connectivity index (χ0) is 19.8. The molecule has 1 unspecified atom stereocenters. The lowest BCUT2D eigenvalue weighted by atomic mass is 10.0. The van der Waals surface area contributed by atoms with Gasteiger partial charge in [-0.2, -0.15) is 9.78 Å². The second-order valence-corrected chi connectivity index (χ2v) is 7.77. The number of carbonyl (C=O) groups excluding carboxylic acids is 2. The summed E-state index contributed by atoms with van der Waals surface area (Å²) < 4.78 is 12.6. The summed E-state index contributed by atoms with van der Waals surface area (Å²) in [5, 5.41) is 4.55. The third kappa shape index (κ3) is 3.46. The molecule has 7 nitrogen and oxygen atoms in total. The summed E-state index contributed by atoms with van der Waals surface area (Å²) in [5.41, 5.74) is 0.302. The maximum Gasteiger partial charge on any atom is 0.344 e. The first-order valence-electron chi connectivity index (χ1n) is 9.31. The molecule has 0 spiro atoms. The first-order chi connectivity index (χ1) is 13.5. The highest BCUT2D eigenvalue weighted by molar-refractivity contribution is 6.33. The van der Waals surface area contributed by atoms with Crippen LogP contribution in [0.15, 0.2) is 30.5 Å². The molecule has 0 bridgehead atoms. The number of ether oxygens (including phenoxy) is 2. The first kappa shape index (κ1) is 18.8. The summed E-state index contributed by atoms with van der Waals surface area (Å²) in [4.78, 5) is 25.8. The van der Waals surface area contributed by atoms with Gasteiger partial charge < -0.3 is 14.4 Å². The molecular weight excluding hydrogens is 382 g/mol. The van der Waals surface area contributed by atoms with Crippen LogP contribution in [0, 0.1) is 11.8 Å². The van der Waals surface area contributed by atoms with Crippen LogP contribution in [0.3, 0.4) is 0 Å². The highest BCUT2D eigenvalue weighted by Gasteiger charge is 2.43. The fourth-order valence-electron chi connectivity index (χ4n) is 4.18. The van der Waals surface area contributed by atoms with E-state index < -0.39 is 0 Å². The molecule has 28 heavy (non-hydrogen) atoms. The second kappa shape index (κ2) is 7.47. The molecule has 2 fully saturated rings. The standard InChI is InChI=1S/C20H22ClN3O4/c1-12(25)16-6-7-24(22-16)20(26)23-10-13-8-15(9-14(13)11-23)28-18-5-3-4-17(27-2)19(18)21/h3-7,13-15H,8-11H2,1-2H3/t13-,14+,15?. The highest BCUT2D eigenvalue weighted by atomic mass is 35.5. The normalized spacial score (nSPS) is 23.5. The largest absolute Gasteiger partial charge is 0.495 e. The Hall–Kier alpha value is -2.54. The number of aromatic nitrogens is 2. The summed E-state index contributed by atoms with van der Waals surface area (Å²) in [6.07, 6.45) is 3.37. The number of likely N-dealkylation sites (tertiary alicyclic amines) is 1. The predicted molar refractivity (Wildman–Crippen MR) is 103 cm³/mol. The van der Waals surface area contributed by atoms with Gasteiger partial charge in [0.05, 0.1) is 13.2 Å². The van der Waals surface area contributed by atoms with Crippen LogP contribution in [0.4, 0.5) is 4.79 Å². The van der Waals surface area contributed by atoms with Crippen LogP contribution in [-0.4, -0.2) is 52.8 Å². The van der Waals surface area contributed by atoms with E-state index in [-0.39, 0.29) is 17.9 Å². The average molecular weight is 404 g/mol. The number of hydrogen-bond acceptors (Lipinski definition) is 5. The molecule has 1 aliphatic carbocycles. The SMILES string of the molecule is COc1cccc(OC2C[C@@H]3CN(C(=O)n4ccc(C(C)=O)n4)C[C@@H]3C2)c1Cl. The summed E-state index contributed by atoms with van der Waals surface area (Å²) >= 11 is 6.33. The fraction of sp³-hybridized carbons (Fsp3) is 0.450. The molecule has 1 amide bonds. The summed E-state index contributed by atoms with van der Waals surface area (Å²) in [6.45, 7) is 2.78. The van der Waals surface area contributed by atoms with E-state index in [2.05, 4.69) is 5.10 Å². The minimum absolute atomic E-state index is 0.0749. The Morgan fingerprint density at radius 1 is 1.14 bits per heavy atom. The van der Waals surface area contributed by atoms with Crippen molar-refractivity contribution in [3.8, 4) is 11.5 Å². The maximum absolute atomic E-state index is 12.7. The minimum atomic E-state index is -0.185. The molecule has 3 atom stereocenters. The van der Waals surface area contributed by atoms with Crippen molar-refractivity contribution in [1.82, 2.24) is 14.7 Å². The number of methoxy groups -OCH3 is 1. The van der Waals surface area contributed by atoms with Gasteiger partial charge in [-0.15, -0.1) is 0 Å². The third-order valence-corrected chi connectivity index (χ3v) is 5.94. The number of nitrogens with zero attached hydrogens (tertiary/aromatic N) is 3. The number of rotatable bonds is 4. The van der Waals surface area contributed by atoms with Crippen molar-refractivity contribution in [3.63, 3.8) is 0 Å². The van der Waals surface area contributed by atoms with Crippen LogP contribution in [0.25, 0.3) is 0 Å². The quantitative estimate of drug-likeness (QED) is 0.730. The van der Waals surface area contributed by atoms with Crippen molar-refractivity contribution in [2.24, 2.45) is 11.8 Å². The molecule has 0 radical (unpaired) electrons. The number of hydrogen-bond donors (Lipinski definition) is 0. The fourth-order valence-corrected chi connectivity index (χ4v) is 4.43. The van der Waals surface area contributed by atoms with Gasteiger partial charge in [-0.25, -0.2) is 4.79 Å². The molecule has 0 N–H and O–H groups in total. The van der Waals surface area contributed by atoms with Crippen molar-refractivity contribution >= 4 is 23.4 Å². The Morgan fingerprint density at radius 2 is 1.82 bits per heavy atom. The molecule has 2 heterocycles. The molecule has 148 valence electrons. The lowest BCUT2D eigenvalue weighted by Gasteiger charge is -2.20. The monoisotopic (exact) mass is 403 g/mol. The lowest BCUT2D eigenvalue weighted by molar-refractivity contribution is 0.101. The van der Waals surface area contributed by atoms with E-state index in [4.69, 9.17) is 21.1 Å². The molecule has 2 aromatic rings. The van der Waals surface area contributed by atoms with Gasteiger partial charge in [0, 0.05) is 26.2 Å². The molecule has 1 aliphatic heterocycles. The van der Waals surface area contributed by atoms with Gasteiger partial charge in [0.2, 0.25) is 0 Å². The van der Waals surface area contributed by atoms with Crippen LogP contribution < -0.4 is 9.47 Å². The Labute approximate surface area is 168 Å². The van der Waals surface area contributed by atoms with Crippen LogP contribution >= 0.6 is 11.6 Å². The Balaban J connectivity index is 1.37. The summed E-state index contributed by atoms with van der Waals surface area (Å²) in [7, 11) is 1.58. The van der Waals surface area contributed by atoms with E-state index in [1.807, 2.05) is 12.1 Å². The number of fused-ring (bicyclic) bond motifs is 1. The van der Waals surface area contributed by atoms with E-state index in [0.29, 0.717) is 47.1 Å². The van der Waals surface area contributed by atoms with Crippen LogP contribution in [0.2, 0.25) is 5.02 Å². The smallest absolute Gasteiger partial charge is 0.344 e. The average Bonchev–Trinajstić information content (AvgIpc) is 3.37. The Bertz CT molecular complexity index is 899. The third-order valence-electron chi connectivity index (χ3n) is 5.57. The number of halogens is 1. The second-order valence-electron chi connectivity index (χ2n) is 7.39. The van der Waals surface area contributed by atoms with E-state index >= 15 is 0 Å². The van der Waals surface area contributed by atoms with Gasteiger partial charge in [0.15, 0.2) is 5.78 Å². The van der Waals surface area contributed by atoms with Crippen LogP contribution in [0.5, 0.6) is 11.5 Å². The number of ketones is 1. The molecule has 8 heteroatoms. The predicted octanol–water partition coefficient (Wildman–Crippen LogP) is 3.51. The Kier molecular flexibility index (Phi) is 5.02. The van der Waals surface area contributed by atoms with Gasteiger partial charge in [0.25, 0.3) is 0 Å². The number of Topliss-reactive ketones (excluding diaryl/α,β-unsaturated/α-hetero) is 1. The van der Waals surface area contributed by atoms with Crippen molar-refractivity contribution in [2.75, 3.05) is 20.2 Å². The lowest BCUT2D eigenvalue weighted by Crippen LogP contribution is -2.34. The van der Waals surface area contributed by atoms with Crippen molar-refractivity contribution in [1.29, 1.82) is 0 Å². The maximum atomic E-state index is 12.7. The molecule has 1 aromatic carbocycles. The zero-order valence-electron chi connectivity index (χ0n) is 15.8. The van der Waals surface area contributed by atoms with E-state index in [1.54, 1.807) is 30.3 Å². The molecule has 4 rings (SSSR count). The van der Waals surface area contributed by atoms with Crippen LogP contribution in [-0.2, 0) is 0 Å². The number of carbonyl (C=O) groups is 2. The summed E-state index contributed by atoms with van der Waals surface area (Å²) in [5.74, 6) is 1.86. The zero-order valence-corrected chi connectivity index (χ0v) is 16.6. The van der Waals surface area contributed by atoms with Gasteiger partial charge in [0.1, 0.15) is 22.2 Å². The highest BCUT2D eigenvalue weighted by Crippen LogP contribution is 2.42. The van der Waals surface area contributed by atoms with Gasteiger partial charge >= 0.3 is 6.03 Å². The number of amides is 1. The topological polar surface area (TPSA) is 73.7 Å². The summed E-state index contributed by atoms with van der Waals surface area (Å²) in [6, 6.07) is 6.89. The van der Waals surface area contributed by atoms with Crippen molar-refractivity contribution in [3.05, 3.63) is 41.2 Å².